The molecule has 176 valence electrons. The first-order chi connectivity index (χ1) is 16.2. The van der Waals surface area contributed by atoms with E-state index in [2.05, 4.69) is 0 Å². The largest absolute Gasteiger partial charge is 0.478 e. The molecule has 0 aliphatic heterocycles. The highest BCUT2D eigenvalue weighted by Crippen LogP contribution is 2.16. The van der Waals surface area contributed by atoms with Gasteiger partial charge >= 0.3 is 17.9 Å². The van der Waals surface area contributed by atoms with Crippen molar-refractivity contribution >= 4 is 17.9 Å². The van der Waals surface area contributed by atoms with Crippen molar-refractivity contribution in [3.05, 3.63) is 105 Å². The monoisotopic (exact) mass is 464 g/mol. The molecule has 8 heteroatoms. The Morgan fingerprint density at radius 1 is 0.647 bits per heavy atom. The van der Waals surface area contributed by atoms with Gasteiger partial charge in [0.1, 0.15) is 19.8 Å². The number of esters is 1. The van der Waals surface area contributed by atoms with E-state index in [1.807, 2.05) is 6.92 Å². The summed E-state index contributed by atoms with van der Waals surface area (Å²) < 4.78 is 5.26. The zero-order valence-corrected chi connectivity index (χ0v) is 18.7. The van der Waals surface area contributed by atoms with E-state index in [0.717, 1.165) is 16.7 Å². The van der Waals surface area contributed by atoms with Gasteiger partial charge in [-0.05, 0) is 48.7 Å². The summed E-state index contributed by atoms with van der Waals surface area (Å²) in [7, 11) is 0. The zero-order chi connectivity index (χ0) is 24.7. The Morgan fingerprint density at radius 2 is 1.18 bits per heavy atom. The smallest absolute Gasteiger partial charge is 0.339 e. The van der Waals surface area contributed by atoms with Gasteiger partial charge in [-0.1, -0.05) is 53.6 Å². The molecule has 0 unspecified atom stereocenters. The summed E-state index contributed by atoms with van der Waals surface area (Å²) >= 11 is 0. The van der Waals surface area contributed by atoms with Crippen LogP contribution in [0.1, 0.15) is 58.9 Å². The maximum Gasteiger partial charge on any atom is 0.339 e. The van der Waals surface area contributed by atoms with Crippen molar-refractivity contribution in [2.45, 2.75) is 33.7 Å². The first-order valence-corrected chi connectivity index (χ1v) is 10.4. The van der Waals surface area contributed by atoms with Crippen LogP contribution >= 0.6 is 0 Å². The van der Waals surface area contributed by atoms with Crippen molar-refractivity contribution in [3.8, 4) is 0 Å². The van der Waals surface area contributed by atoms with E-state index in [1.165, 1.54) is 12.1 Å². The minimum atomic E-state index is -1.19. The zero-order valence-electron chi connectivity index (χ0n) is 18.7. The molecule has 0 spiro atoms. The fraction of sp³-hybridized carbons (Fsp3) is 0.192. The number of carbonyl (C=O) groups is 3. The van der Waals surface area contributed by atoms with E-state index in [4.69, 9.17) is 14.5 Å². The molecule has 3 rings (SSSR count). The van der Waals surface area contributed by atoms with Crippen LogP contribution < -0.4 is 0 Å². The van der Waals surface area contributed by atoms with Crippen molar-refractivity contribution in [1.29, 1.82) is 0 Å². The Labute approximate surface area is 196 Å². The maximum atomic E-state index is 12.3. The van der Waals surface area contributed by atoms with E-state index >= 15 is 0 Å². The molecular weight excluding hydrogens is 440 g/mol. The predicted molar refractivity (Wildman–Crippen MR) is 121 cm³/mol. The highest BCUT2D eigenvalue weighted by Gasteiger charge is 2.18. The van der Waals surface area contributed by atoms with Crippen LogP contribution in [0.2, 0.25) is 0 Å². The molecule has 0 amide bonds. The van der Waals surface area contributed by atoms with Gasteiger partial charge < -0.3 is 14.9 Å². The van der Waals surface area contributed by atoms with E-state index in [-0.39, 0.29) is 36.5 Å². The molecule has 0 saturated carbocycles. The number of hydrogen-bond donors (Lipinski definition) is 2. The quantitative estimate of drug-likeness (QED) is 0.192. The third-order valence-electron chi connectivity index (χ3n) is 5.04. The molecule has 3 aromatic carbocycles. The SMILES string of the molecule is Cc1ccc(COOCc2ccc(COC(=O)c3ccc(C)cc3C(=O)O)cc2)c(C(=O)O)c1. The second-order valence-electron chi connectivity index (χ2n) is 7.74. The van der Waals surface area contributed by atoms with E-state index in [0.29, 0.717) is 11.1 Å². The molecule has 0 atom stereocenters. The number of hydrogen-bond acceptors (Lipinski definition) is 6. The fourth-order valence-electron chi connectivity index (χ4n) is 3.20. The van der Waals surface area contributed by atoms with Gasteiger partial charge in [0.05, 0.1) is 16.7 Å². The summed E-state index contributed by atoms with van der Waals surface area (Å²) in [6.45, 7) is 3.67. The summed E-state index contributed by atoms with van der Waals surface area (Å²) in [5.41, 5.74) is 3.67. The average molecular weight is 464 g/mol. The number of rotatable bonds is 10. The molecule has 0 saturated heterocycles. The number of aromatic carboxylic acids is 2. The summed E-state index contributed by atoms with van der Waals surface area (Å²) in [5.74, 6) is -2.93. The minimum Gasteiger partial charge on any atom is -0.478 e. The minimum absolute atomic E-state index is 0.0000916. The maximum absolute atomic E-state index is 12.3. The number of ether oxygens (including phenoxy) is 1. The highest BCUT2D eigenvalue weighted by molar-refractivity contribution is 6.02. The summed E-state index contributed by atoms with van der Waals surface area (Å²) in [4.78, 5) is 45.4. The normalized spacial score (nSPS) is 10.6. The van der Waals surface area contributed by atoms with Gasteiger partial charge in [-0.2, -0.15) is 0 Å². The average Bonchev–Trinajstić information content (AvgIpc) is 2.81. The van der Waals surface area contributed by atoms with E-state index in [1.54, 1.807) is 55.5 Å². The molecule has 0 aliphatic rings. The second-order valence-corrected chi connectivity index (χ2v) is 7.74. The molecule has 0 heterocycles. The van der Waals surface area contributed by atoms with Crippen LogP contribution in [-0.2, 0) is 34.3 Å². The third-order valence-corrected chi connectivity index (χ3v) is 5.04. The van der Waals surface area contributed by atoms with Crippen molar-refractivity contribution in [3.63, 3.8) is 0 Å². The van der Waals surface area contributed by atoms with Gasteiger partial charge in [-0.25, -0.2) is 24.2 Å². The van der Waals surface area contributed by atoms with E-state index in [9.17, 15) is 24.6 Å². The van der Waals surface area contributed by atoms with Gasteiger partial charge in [0, 0.05) is 0 Å². The lowest BCUT2D eigenvalue weighted by molar-refractivity contribution is -0.313. The van der Waals surface area contributed by atoms with Crippen LogP contribution in [0.5, 0.6) is 0 Å². The summed E-state index contributed by atoms with van der Waals surface area (Å²) in [6, 6.07) is 16.6. The van der Waals surface area contributed by atoms with Crippen LogP contribution in [0.4, 0.5) is 0 Å². The lowest BCUT2D eigenvalue weighted by atomic mass is 10.0. The predicted octanol–water partition coefficient (Wildman–Crippen LogP) is 4.71. The summed E-state index contributed by atoms with van der Waals surface area (Å²) in [6.07, 6.45) is 0. The number of carbonyl (C=O) groups excluding carboxylic acids is 1. The molecule has 0 radical (unpaired) electrons. The van der Waals surface area contributed by atoms with Crippen LogP contribution in [0, 0.1) is 13.8 Å². The van der Waals surface area contributed by atoms with Crippen LogP contribution in [-0.4, -0.2) is 28.1 Å². The molecule has 0 bridgehead atoms. The summed E-state index contributed by atoms with van der Waals surface area (Å²) in [5, 5.41) is 18.6. The van der Waals surface area contributed by atoms with Crippen LogP contribution in [0.25, 0.3) is 0 Å². The van der Waals surface area contributed by atoms with E-state index < -0.39 is 17.9 Å². The molecule has 0 aromatic heterocycles. The fourth-order valence-corrected chi connectivity index (χ4v) is 3.20. The Kier molecular flexibility index (Phi) is 8.13. The standard InChI is InChI=1S/C26H24O8/c1-16-3-9-20(22(11-16)24(27)28)15-34-33-14-19-7-5-18(6-8-19)13-32-26(31)21-10-4-17(2)12-23(21)25(29)30/h3-12H,13-15H2,1-2H3,(H,27,28)(H,29,30). The van der Waals surface area contributed by atoms with Crippen molar-refractivity contribution in [2.75, 3.05) is 0 Å². The lowest BCUT2D eigenvalue weighted by Gasteiger charge is -2.10. The first-order valence-electron chi connectivity index (χ1n) is 10.4. The Hall–Kier alpha value is -4.01. The molecular formula is C26H24O8. The Morgan fingerprint density at radius 3 is 1.79 bits per heavy atom. The molecule has 2 N–H and O–H groups in total. The van der Waals surface area contributed by atoms with Crippen molar-refractivity contribution in [2.24, 2.45) is 0 Å². The van der Waals surface area contributed by atoms with Gasteiger partial charge in [-0.3, -0.25) is 0 Å². The van der Waals surface area contributed by atoms with Crippen molar-refractivity contribution in [1.82, 2.24) is 0 Å². The number of carboxylic acids is 2. The molecule has 0 aliphatic carbocycles. The molecule has 8 nitrogen and oxygen atoms in total. The van der Waals surface area contributed by atoms with Gasteiger partial charge in [0.15, 0.2) is 0 Å². The second kappa shape index (κ2) is 11.2. The van der Waals surface area contributed by atoms with Crippen LogP contribution in [0.3, 0.4) is 0 Å². The molecule has 34 heavy (non-hydrogen) atoms. The van der Waals surface area contributed by atoms with Crippen molar-refractivity contribution < 1.29 is 39.1 Å². The number of aryl methyl sites for hydroxylation is 2. The molecule has 0 fully saturated rings. The molecule has 3 aromatic rings. The Bertz CT molecular complexity index is 1200. The van der Waals surface area contributed by atoms with Gasteiger partial charge in [0.2, 0.25) is 0 Å². The number of carboxylic acid groups (broad SMARTS) is 2. The van der Waals surface area contributed by atoms with Gasteiger partial charge in [-0.15, -0.1) is 0 Å². The number of benzene rings is 3. The van der Waals surface area contributed by atoms with Crippen LogP contribution in [0.15, 0.2) is 60.7 Å². The third kappa shape index (κ3) is 6.50. The van der Waals surface area contributed by atoms with Gasteiger partial charge in [0.25, 0.3) is 0 Å². The highest BCUT2D eigenvalue weighted by atomic mass is 17.2. The first kappa shape index (κ1) is 24.6. The lowest BCUT2D eigenvalue weighted by Crippen LogP contribution is -2.12. The Balaban J connectivity index is 1.49. The topological polar surface area (TPSA) is 119 Å².